The third-order valence-corrected chi connectivity index (χ3v) is 3.00. The minimum absolute atomic E-state index is 0.0907. The highest BCUT2D eigenvalue weighted by Crippen LogP contribution is 2.30. The largest absolute Gasteiger partial charge is 0.497 e. The van der Waals surface area contributed by atoms with Gasteiger partial charge in [0.1, 0.15) is 17.3 Å². The molecule has 5 nitrogen and oxygen atoms in total. The Morgan fingerprint density at radius 1 is 1.26 bits per heavy atom. The lowest BCUT2D eigenvalue weighted by atomic mass is 10.0. The number of methoxy groups -OCH3 is 2. The number of nitrogens with two attached hydrogens (primary N) is 1. The molecule has 1 unspecified atom stereocenters. The molecule has 0 saturated carbocycles. The maximum Gasteiger partial charge on any atom is 0.127 e. The fraction of sp³-hybridized carbons (Fsp3) is 0.286. The van der Waals surface area contributed by atoms with Crippen molar-refractivity contribution in [3.63, 3.8) is 0 Å². The van der Waals surface area contributed by atoms with Crippen LogP contribution in [-0.4, -0.2) is 14.2 Å². The molecule has 102 valence electrons. The van der Waals surface area contributed by atoms with Crippen LogP contribution in [0.4, 0.5) is 0 Å². The summed E-state index contributed by atoms with van der Waals surface area (Å²) in [6.07, 6.45) is 2.29. The van der Waals surface area contributed by atoms with Crippen LogP contribution in [0.1, 0.15) is 17.4 Å². The van der Waals surface area contributed by atoms with Crippen LogP contribution in [0.15, 0.2) is 41.0 Å². The lowest BCUT2D eigenvalue weighted by Gasteiger charge is -2.18. The molecule has 1 aromatic carbocycles. The highest BCUT2D eigenvalue weighted by molar-refractivity contribution is 5.42. The minimum atomic E-state index is -0.0907. The van der Waals surface area contributed by atoms with Gasteiger partial charge in [-0.1, -0.05) is 6.07 Å². The van der Waals surface area contributed by atoms with Crippen molar-refractivity contribution in [2.24, 2.45) is 5.84 Å². The molecule has 2 rings (SSSR count). The number of hydrazine groups is 1. The van der Waals surface area contributed by atoms with Crippen LogP contribution in [0.5, 0.6) is 11.5 Å². The van der Waals surface area contributed by atoms with Crippen LogP contribution < -0.4 is 20.7 Å². The van der Waals surface area contributed by atoms with Crippen molar-refractivity contribution in [2.75, 3.05) is 14.2 Å². The van der Waals surface area contributed by atoms with Crippen molar-refractivity contribution >= 4 is 0 Å². The zero-order chi connectivity index (χ0) is 13.7. The van der Waals surface area contributed by atoms with E-state index in [1.165, 1.54) is 0 Å². The molecule has 1 heterocycles. The number of ether oxygens (including phenoxy) is 2. The van der Waals surface area contributed by atoms with Gasteiger partial charge in [0.2, 0.25) is 0 Å². The second kappa shape index (κ2) is 6.26. The van der Waals surface area contributed by atoms with E-state index in [0.29, 0.717) is 6.42 Å². The van der Waals surface area contributed by atoms with Crippen molar-refractivity contribution in [2.45, 2.75) is 12.5 Å². The van der Waals surface area contributed by atoms with Crippen molar-refractivity contribution in [3.05, 3.63) is 47.9 Å². The van der Waals surface area contributed by atoms with Gasteiger partial charge in [-0.2, -0.15) is 0 Å². The van der Waals surface area contributed by atoms with Crippen LogP contribution in [-0.2, 0) is 6.42 Å². The fourth-order valence-corrected chi connectivity index (χ4v) is 1.99. The van der Waals surface area contributed by atoms with Gasteiger partial charge in [0.15, 0.2) is 0 Å². The Morgan fingerprint density at radius 3 is 2.68 bits per heavy atom. The van der Waals surface area contributed by atoms with Gasteiger partial charge in [-0.25, -0.2) is 0 Å². The first-order valence-electron chi connectivity index (χ1n) is 5.99. The van der Waals surface area contributed by atoms with E-state index in [-0.39, 0.29) is 6.04 Å². The number of hydrogen-bond acceptors (Lipinski definition) is 5. The summed E-state index contributed by atoms with van der Waals surface area (Å²) in [6.45, 7) is 0. The zero-order valence-electron chi connectivity index (χ0n) is 11.1. The van der Waals surface area contributed by atoms with E-state index in [2.05, 4.69) is 5.43 Å². The topological polar surface area (TPSA) is 69.7 Å². The predicted octanol–water partition coefficient (Wildman–Crippen LogP) is 2.04. The van der Waals surface area contributed by atoms with Crippen LogP contribution in [0.3, 0.4) is 0 Å². The number of rotatable bonds is 6. The molecular weight excluding hydrogens is 244 g/mol. The van der Waals surface area contributed by atoms with Gasteiger partial charge in [-0.15, -0.1) is 0 Å². The maximum absolute atomic E-state index is 5.64. The Morgan fingerprint density at radius 2 is 2.11 bits per heavy atom. The minimum Gasteiger partial charge on any atom is -0.497 e. The molecule has 5 heteroatoms. The third kappa shape index (κ3) is 3.07. The molecule has 0 saturated heterocycles. The SMILES string of the molecule is COc1ccc(C(Cc2ccco2)NN)c(OC)c1. The van der Waals surface area contributed by atoms with Crippen LogP contribution in [0.2, 0.25) is 0 Å². The van der Waals surface area contributed by atoms with E-state index < -0.39 is 0 Å². The highest BCUT2D eigenvalue weighted by atomic mass is 16.5. The van der Waals surface area contributed by atoms with Crippen LogP contribution >= 0.6 is 0 Å². The van der Waals surface area contributed by atoms with Crippen LogP contribution in [0, 0.1) is 0 Å². The molecule has 1 atom stereocenters. The van der Waals surface area contributed by atoms with E-state index in [0.717, 1.165) is 22.8 Å². The molecule has 0 spiro atoms. The Kier molecular flexibility index (Phi) is 4.43. The van der Waals surface area contributed by atoms with Gasteiger partial charge in [-0.05, 0) is 18.2 Å². The van der Waals surface area contributed by atoms with Crippen molar-refractivity contribution in [1.82, 2.24) is 5.43 Å². The van der Waals surface area contributed by atoms with Gasteiger partial charge >= 0.3 is 0 Å². The Hall–Kier alpha value is -1.98. The van der Waals surface area contributed by atoms with E-state index >= 15 is 0 Å². The molecule has 19 heavy (non-hydrogen) atoms. The van der Waals surface area contributed by atoms with Gasteiger partial charge < -0.3 is 13.9 Å². The standard InChI is InChI=1S/C14H18N2O3/c1-17-10-5-6-12(14(9-10)18-2)13(16-15)8-11-4-3-7-19-11/h3-7,9,13,16H,8,15H2,1-2H3. The zero-order valence-corrected chi connectivity index (χ0v) is 11.1. The quantitative estimate of drug-likeness (QED) is 0.616. The summed E-state index contributed by atoms with van der Waals surface area (Å²) in [6, 6.07) is 9.33. The average molecular weight is 262 g/mol. The number of nitrogens with one attached hydrogen (secondary N) is 1. The van der Waals surface area contributed by atoms with E-state index in [1.807, 2.05) is 30.3 Å². The summed E-state index contributed by atoms with van der Waals surface area (Å²) in [7, 11) is 3.24. The summed E-state index contributed by atoms with van der Waals surface area (Å²) in [5, 5.41) is 0. The number of furan rings is 1. The van der Waals surface area contributed by atoms with Crippen molar-refractivity contribution < 1.29 is 13.9 Å². The normalized spacial score (nSPS) is 12.2. The van der Waals surface area contributed by atoms with Gasteiger partial charge in [0, 0.05) is 18.1 Å². The molecule has 0 aliphatic heterocycles. The Labute approximate surface area is 112 Å². The molecule has 0 radical (unpaired) electrons. The van der Waals surface area contributed by atoms with Crippen molar-refractivity contribution in [1.29, 1.82) is 0 Å². The summed E-state index contributed by atoms with van der Waals surface area (Å²) in [5.74, 6) is 7.97. The molecule has 0 aliphatic rings. The first-order valence-corrected chi connectivity index (χ1v) is 5.99. The maximum atomic E-state index is 5.64. The van der Waals surface area contributed by atoms with E-state index in [9.17, 15) is 0 Å². The van der Waals surface area contributed by atoms with E-state index in [1.54, 1.807) is 20.5 Å². The van der Waals surface area contributed by atoms with Crippen molar-refractivity contribution in [3.8, 4) is 11.5 Å². The lowest BCUT2D eigenvalue weighted by Crippen LogP contribution is -2.29. The lowest BCUT2D eigenvalue weighted by molar-refractivity contribution is 0.380. The summed E-state index contributed by atoms with van der Waals surface area (Å²) in [4.78, 5) is 0. The van der Waals surface area contributed by atoms with E-state index in [4.69, 9.17) is 19.7 Å². The monoisotopic (exact) mass is 262 g/mol. The first-order chi connectivity index (χ1) is 9.28. The summed E-state index contributed by atoms with van der Waals surface area (Å²) < 4.78 is 15.9. The first kappa shape index (κ1) is 13.5. The molecule has 0 aliphatic carbocycles. The number of benzene rings is 1. The molecule has 3 N–H and O–H groups in total. The summed E-state index contributed by atoms with van der Waals surface area (Å²) in [5.41, 5.74) is 3.75. The molecule has 0 bridgehead atoms. The summed E-state index contributed by atoms with van der Waals surface area (Å²) >= 11 is 0. The molecule has 0 amide bonds. The molecular formula is C14H18N2O3. The van der Waals surface area contributed by atoms with Gasteiger partial charge in [0.25, 0.3) is 0 Å². The fourth-order valence-electron chi connectivity index (χ4n) is 1.99. The molecule has 0 fully saturated rings. The van der Waals surface area contributed by atoms with Gasteiger partial charge in [0.05, 0.1) is 26.5 Å². The number of hydrogen-bond donors (Lipinski definition) is 2. The smallest absolute Gasteiger partial charge is 0.127 e. The average Bonchev–Trinajstić information content (AvgIpc) is 2.97. The second-order valence-corrected chi connectivity index (χ2v) is 4.11. The Balaban J connectivity index is 2.26. The van der Waals surface area contributed by atoms with Crippen LogP contribution in [0.25, 0.3) is 0 Å². The Bertz CT molecular complexity index is 511. The second-order valence-electron chi connectivity index (χ2n) is 4.11. The highest BCUT2D eigenvalue weighted by Gasteiger charge is 2.17. The third-order valence-electron chi connectivity index (χ3n) is 3.00. The molecule has 2 aromatic rings. The van der Waals surface area contributed by atoms with Gasteiger partial charge in [-0.3, -0.25) is 11.3 Å². The molecule has 1 aromatic heterocycles. The predicted molar refractivity (Wildman–Crippen MR) is 72.0 cm³/mol.